The van der Waals surface area contributed by atoms with Crippen molar-refractivity contribution in [3.8, 4) is 0 Å². The number of halogens is 1. The van der Waals surface area contributed by atoms with Gasteiger partial charge in [0.1, 0.15) is 5.82 Å². The summed E-state index contributed by atoms with van der Waals surface area (Å²) in [5, 5.41) is 2.41. The highest BCUT2D eigenvalue weighted by Gasteiger charge is 2.45. The zero-order valence-electron chi connectivity index (χ0n) is 14.0. The third-order valence-corrected chi connectivity index (χ3v) is 7.46. The molecule has 1 aliphatic heterocycles. The molecule has 24 heavy (non-hydrogen) atoms. The lowest BCUT2D eigenvalue weighted by molar-refractivity contribution is -0.126. The van der Waals surface area contributed by atoms with E-state index in [1.807, 2.05) is 0 Å². The molecule has 0 radical (unpaired) electrons. The molecule has 1 saturated carbocycles. The topological polar surface area (TPSA) is 66.5 Å². The molecular weight excluding hydrogens is 331 g/mol. The number of hydrogen-bond donors (Lipinski definition) is 1. The number of rotatable bonds is 4. The van der Waals surface area contributed by atoms with Crippen molar-refractivity contribution < 1.29 is 17.6 Å². The fraction of sp³-hybridized carbons (Fsp3) is 0.588. The number of piperidine rings is 1. The van der Waals surface area contributed by atoms with E-state index in [0.29, 0.717) is 13.0 Å². The number of nitrogens with one attached hydrogen (secondary N) is 1. The van der Waals surface area contributed by atoms with Gasteiger partial charge in [-0.2, -0.15) is 0 Å². The van der Waals surface area contributed by atoms with E-state index in [2.05, 4.69) is 5.32 Å². The largest absolute Gasteiger partial charge is 0.359 e. The van der Waals surface area contributed by atoms with E-state index in [1.165, 1.54) is 16.4 Å². The van der Waals surface area contributed by atoms with Gasteiger partial charge in [-0.15, -0.1) is 0 Å². The van der Waals surface area contributed by atoms with Crippen LogP contribution in [-0.2, 0) is 14.8 Å². The van der Waals surface area contributed by atoms with Crippen LogP contribution in [0.3, 0.4) is 0 Å². The third kappa shape index (κ3) is 3.19. The van der Waals surface area contributed by atoms with Gasteiger partial charge in [-0.3, -0.25) is 4.79 Å². The SMILES string of the molecule is CNC(=O)C1CCN(S(=O)(=O)C2CC2)CC1c1ccc(F)cc1C. The minimum absolute atomic E-state index is 0.0906. The number of nitrogens with zero attached hydrogens (tertiary/aromatic N) is 1. The van der Waals surface area contributed by atoms with Crippen molar-refractivity contribution in [1.82, 2.24) is 9.62 Å². The molecule has 2 fully saturated rings. The predicted octanol–water partition coefficient (Wildman–Crippen LogP) is 1.78. The second-order valence-corrected chi connectivity index (χ2v) is 8.93. The van der Waals surface area contributed by atoms with Crippen LogP contribution in [0.25, 0.3) is 0 Å². The summed E-state index contributed by atoms with van der Waals surface area (Å²) < 4.78 is 40.1. The highest BCUT2D eigenvalue weighted by atomic mass is 32.2. The van der Waals surface area contributed by atoms with Gasteiger partial charge in [0, 0.05) is 32.0 Å². The first kappa shape index (κ1) is 17.4. The second-order valence-electron chi connectivity index (χ2n) is 6.72. The summed E-state index contributed by atoms with van der Waals surface area (Å²) in [5.74, 6) is -0.976. The predicted molar refractivity (Wildman–Crippen MR) is 89.6 cm³/mol. The van der Waals surface area contributed by atoms with Gasteiger partial charge >= 0.3 is 0 Å². The van der Waals surface area contributed by atoms with Crippen molar-refractivity contribution in [3.63, 3.8) is 0 Å². The molecular formula is C17H23FN2O3S. The Kier molecular flexibility index (Phi) is 4.66. The van der Waals surface area contributed by atoms with Gasteiger partial charge in [0.2, 0.25) is 15.9 Å². The van der Waals surface area contributed by atoms with Crippen LogP contribution in [0.2, 0.25) is 0 Å². The molecule has 7 heteroatoms. The van der Waals surface area contributed by atoms with Crippen molar-refractivity contribution in [1.29, 1.82) is 0 Å². The molecule has 3 rings (SSSR count). The quantitative estimate of drug-likeness (QED) is 0.896. The van der Waals surface area contributed by atoms with Gasteiger partial charge in [0.05, 0.1) is 5.25 Å². The van der Waals surface area contributed by atoms with E-state index in [1.54, 1.807) is 20.0 Å². The summed E-state index contributed by atoms with van der Waals surface area (Å²) in [4.78, 5) is 12.3. The lowest BCUT2D eigenvalue weighted by Gasteiger charge is -2.38. The summed E-state index contributed by atoms with van der Waals surface area (Å²) in [6.07, 6.45) is 1.92. The number of carbonyl (C=O) groups excluding carboxylic acids is 1. The monoisotopic (exact) mass is 354 g/mol. The van der Waals surface area contributed by atoms with Crippen LogP contribution < -0.4 is 5.32 Å². The van der Waals surface area contributed by atoms with Crippen LogP contribution in [-0.4, -0.2) is 44.0 Å². The minimum Gasteiger partial charge on any atom is -0.359 e. The summed E-state index contributed by atoms with van der Waals surface area (Å²) in [7, 11) is -1.69. The molecule has 1 aromatic rings. The smallest absolute Gasteiger partial charge is 0.223 e. The van der Waals surface area contributed by atoms with Gasteiger partial charge in [-0.05, 0) is 49.4 Å². The van der Waals surface area contributed by atoms with Gasteiger partial charge in [-0.1, -0.05) is 6.07 Å². The van der Waals surface area contributed by atoms with E-state index in [4.69, 9.17) is 0 Å². The molecule has 1 aromatic carbocycles. The number of amides is 1. The molecule has 0 bridgehead atoms. The molecule has 2 atom stereocenters. The minimum atomic E-state index is -3.28. The Hall–Kier alpha value is -1.47. The average Bonchev–Trinajstić information content (AvgIpc) is 3.39. The maximum Gasteiger partial charge on any atom is 0.223 e. The van der Waals surface area contributed by atoms with Crippen LogP contribution in [0, 0.1) is 18.7 Å². The second kappa shape index (κ2) is 6.44. The molecule has 0 aromatic heterocycles. The first-order valence-corrected chi connectivity index (χ1v) is 9.81. The standard InChI is InChI=1S/C17H23FN2O3S/c1-11-9-12(18)3-6-14(11)16-10-20(24(22,23)13-4-5-13)8-7-15(16)17(21)19-2/h3,6,9,13,15-16H,4-5,7-8,10H2,1-2H3,(H,19,21). The number of benzene rings is 1. The van der Waals surface area contributed by atoms with Crippen molar-refractivity contribution in [3.05, 3.63) is 35.1 Å². The van der Waals surface area contributed by atoms with E-state index in [-0.39, 0.29) is 35.4 Å². The number of carbonyl (C=O) groups is 1. The summed E-state index contributed by atoms with van der Waals surface area (Å²) >= 11 is 0. The Balaban J connectivity index is 1.93. The maximum absolute atomic E-state index is 13.4. The summed E-state index contributed by atoms with van der Waals surface area (Å²) in [6, 6.07) is 4.49. The third-order valence-electron chi connectivity index (χ3n) is 5.10. The van der Waals surface area contributed by atoms with Crippen molar-refractivity contribution in [2.45, 2.75) is 37.4 Å². The molecule has 132 valence electrons. The Bertz CT molecular complexity index is 746. The van der Waals surface area contributed by atoms with Gasteiger partial charge < -0.3 is 5.32 Å². The van der Waals surface area contributed by atoms with Crippen LogP contribution >= 0.6 is 0 Å². The Morgan fingerprint density at radius 3 is 2.58 bits per heavy atom. The lowest BCUT2D eigenvalue weighted by Crippen LogP contribution is -2.47. The molecule has 1 amide bonds. The summed E-state index contributed by atoms with van der Waals surface area (Å²) in [5.41, 5.74) is 1.60. The number of aryl methyl sites for hydroxylation is 1. The molecule has 1 heterocycles. The van der Waals surface area contributed by atoms with Crippen LogP contribution in [0.5, 0.6) is 0 Å². The van der Waals surface area contributed by atoms with Gasteiger partial charge in [-0.25, -0.2) is 17.1 Å². The molecule has 1 N–H and O–H groups in total. The molecule has 0 spiro atoms. The Morgan fingerprint density at radius 2 is 2.00 bits per heavy atom. The zero-order valence-corrected chi connectivity index (χ0v) is 14.8. The molecule has 1 saturated heterocycles. The van der Waals surface area contributed by atoms with Crippen LogP contribution in [0.15, 0.2) is 18.2 Å². The molecule has 2 unspecified atom stereocenters. The summed E-state index contributed by atoms with van der Waals surface area (Å²) in [6.45, 7) is 2.45. The van der Waals surface area contributed by atoms with E-state index in [9.17, 15) is 17.6 Å². The Labute approximate surface area is 142 Å². The zero-order chi connectivity index (χ0) is 17.5. The fourth-order valence-corrected chi connectivity index (χ4v) is 5.48. The maximum atomic E-state index is 13.4. The molecule has 2 aliphatic rings. The van der Waals surface area contributed by atoms with E-state index in [0.717, 1.165) is 24.0 Å². The highest BCUT2D eigenvalue weighted by molar-refractivity contribution is 7.90. The van der Waals surface area contributed by atoms with Crippen molar-refractivity contribution >= 4 is 15.9 Å². The number of hydrogen-bond acceptors (Lipinski definition) is 3. The normalized spacial score (nSPS) is 25.5. The van der Waals surface area contributed by atoms with Crippen LogP contribution in [0.1, 0.15) is 36.3 Å². The number of sulfonamides is 1. The van der Waals surface area contributed by atoms with Crippen LogP contribution in [0.4, 0.5) is 4.39 Å². The average molecular weight is 354 g/mol. The fourth-order valence-electron chi connectivity index (χ4n) is 3.60. The van der Waals surface area contributed by atoms with Gasteiger partial charge in [0.15, 0.2) is 0 Å². The first-order valence-electron chi connectivity index (χ1n) is 8.31. The van der Waals surface area contributed by atoms with Crippen molar-refractivity contribution in [2.75, 3.05) is 20.1 Å². The Morgan fingerprint density at radius 1 is 1.29 bits per heavy atom. The lowest BCUT2D eigenvalue weighted by atomic mass is 9.79. The molecule has 5 nitrogen and oxygen atoms in total. The van der Waals surface area contributed by atoms with E-state index < -0.39 is 10.0 Å². The van der Waals surface area contributed by atoms with Gasteiger partial charge in [0.25, 0.3) is 0 Å². The van der Waals surface area contributed by atoms with Crippen molar-refractivity contribution in [2.24, 2.45) is 5.92 Å². The highest BCUT2D eigenvalue weighted by Crippen LogP contribution is 2.39. The first-order chi connectivity index (χ1) is 11.3. The molecule has 1 aliphatic carbocycles. The van der Waals surface area contributed by atoms with E-state index >= 15 is 0 Å².